The summed E-state index contributed by atoms with van der Waals surface area (Å²) in [6.07, 6.45) is -0.116. The van der Waals surface area contributed by atoms with Crippen molar-refractivity contribution in [1.82, 2.24) is 15.5 Å². The molecule has 0 radical (unpaired) electrons. The van der Waals surface area contributed by atoms with E-state index in [-0.39, 0.29) is 35.9 Å². The van der Waals surface area contributed by atoms with Gasteiger partial charge in [0.05, 0.1) is 19.8 Å². The maximum absolute atomic E-state index is 13.0. The van der Waals surface area contributed by atoms with Crippen molar-refractivity contribution in [1.29, 1.82) is 0 Å². The predicted molar refractivity (Wildman–Crippen MR) is 139 cm³/mol. The highest BCUT2D eigenvalue weighted by atomic mass is 127. The van der Waals surface area contributed by atoms with Gasteiger partial charge in [-0.2, -0.15) is 0 Å². The van der Waals surface area contributed by atoms with E-state index in [1.165, 1.54) is 12.1 Å². The van der Waals surface area contributed by atoms with Crippen molar-refractivity contribution in [3.8, 4) is 11.5 Å². The Kier molecular flexibility index (Phi) is 12.3. The fourth-order valence-electron chi connectivity index (χ4n) is 3.33. The Balaban J connectivity index is 0.00000385. The second kappa shape index (κ2) is 14.9. The van der Waals surface area contributed by atoms with Gasteiger partial charge in [0.25, 0.3) is 0 Å². The van der Waals surface area contributed by atoms with Crippen molar-refractivity contribution in [2.24, 2.45) is 4.99 Å². The summed E-state index contributed by atoms with van der Waals surface area (Å²) in [6, 6.07) is 14.0. The number of nitrogens with zero attached hydrogens (tertiary/aromatic N) is 2. The van der Waals surface area contributed by atoms with Crippen LogP contribution in [-0.2, 0) is 11.3 Å². The third-order valence-electron chi connectivity index (χ3n) is 5.12. The number of hydrogen-bond acceptors (Lipinski definition) is 5. The summed E-state index contributed by atoms with van der Waals surface area (Å²) in [4.78, 5) is 6.63. The van der Waals surface area contributed by atoms with Gasteiger partial charge in [-0.25, -0.2) is 4.39 Å². The third-order valence-corrected chi connectivity index (χ3v) is 5.12. The first-order valence-corrected chi connectivity index (χ1v) is 11.0. The first-order chi connectivity index (χ1) is 15.6. The number of aliphatic imine (C=N–C) groups is 1. The highest BCUT2D eigenvalue weighted by Gasteiger charge is 2.11. The highest BCUT2D eigenvalue weighted by molar-refractivity contribution is 14.0. The Morgan fingerprint density at radius 3 is 2.58 bits per heavy atom. The van der Waals surface area contributed by atoms with Crippen LogP contribution in [0.4, 0.5) is 4.39 Å². The largest absolute Gasteiger partial charge is 0.492 e. The quantitative estimate of drug-likeness (QED) is 0.259. The van der Waals surface area contributed by atoms with Crippen molar-refractivity contribution in [3.05, 3.63) is 59.9 Å². The number of para-hydroxylation sites is 1. The second-order valence-corrected chi connectivity index (χ2v) is 7.60. The van der Waals surface area contributed by atoms with E-state index in [0.29, 0.717) is 31.4 Å². The summed E-state index contributed by atoms with van der Waals surface area (Å²) in [5.74, 6) is 1.89. The number of ether oxygens (including phenoxy) is 3. The van der Waals surface area contributed by atoms with Crippen molar-refractivity contribution in [2.75, 3.05) is 53.0 Å². The van der Waals surface area contributed by atoms with E-state index >= 15 is 0 Å². The number of halogens is 2. The molecule has 7 nitrogen and oxygen atoms in total. The van der Waals surface area contributed by atoms with E-state index in [0.717, 1.165) is 44.2 Å². The second-order valence-electron chi connectivity index (χ2n) is 7.60. The molecule has 0 saturated carbocycles. The van der Waals surface area contributed by atoms with E-state index in [1.54, 1.807) is 19.2 Å². The number of guanidine groups is 1. The summed E-state index contributed by atoms with van der Waals surface area (Å²) in [5.41, 5.74) is 1.06. The Morgan fingerprint density at radius 2 is 1.85 bits per heavy atom. The van der Waals surface area contributed by atoms with E-state index < -0.39 is 0 Å². The first kappa shape index (κ1) is 27.1. The van der Waals surface area contributed by atoms with Crippen LogP contribution in [0.3, 0.4) is 0 Å². The average molecular weight is 572 g/mol. The topological polar surface area (TPSA) is 67.4 Å². The Morgan fingerprint density at radius 1 is 1.12 bits per heavy atom. The molecule has 1 aliphatic rings. The lowest BCUT2D eigenvalue weighted by Crippen LogP contribution is -2.41. The van der Waals surface area contributed by atoms with Gasteiger partial charge in [-0.05, 0) is 37.3 Å². The molecule has 1 aliphatic heterocycles. The molecule has 1 fully saturated rings. The molecule has 33 heavy (non-hydrogen) atoms. The van der Waals surface area contributed by atoms with Crippen LogP contribution < -0.4 is 20.1 Å². The molecule has 3 rings (SSSR count). The summed E-state index contributed by atoms with van der Waals surface area (Å²) in [7, 11) is 1.73. The number of nitrogens with one attached hydrogen (secondary N) is 2. The van der Waals surface area contributed by atoms with Gasteiger partial charge in [0.15, 0.2) is 5.96 Å². The Bertz CT molecular complexity index is 848. The van der Waals surface area contributed by atoms with Crippen molar-refractivity contribution in [3.63, 3.8) is 0 Å². The number of benzene rings is 2. The van der Waals surface area contributed by atoms with Crippen LogP contribution in [0.2, 0.25) is 0 Å². The van der Waals surface area contributed by atoms with Crippen LogP contribution in [0.5, 0.6) is 11.5 Å². The molecule has 9 heteroatoms. The van der Waals surface area contributed by atoms with Crippen LogP contribution in [0.1, 0.15) is 12.5 Å². The van der Waals surface area contributed by atoms with Gasteiger partial charge in [-0.1, -0.05) is 18.2 Å². The molecule has 2 aromatic carbocycles. The summed E-state index contributed by atoms with van der Waals surface area (Å²) < 4.78 is 30.3. The van der Waals surface area contributed by atoms with Gasteiger partial charge in [0, 0.05) is 38.8 Å². The monoisotopic (exact) mass is 572 g/mol. The van der Waals surface area contributed by atoms with E-state index in [9.17, 15) is 4.39 Å². The van der Waals surface area contributed by atoms with Gasteiger partial charge in [-0.15, -0.1) is 24.0 Å². The minimum absolute atomic E-state index is 0. The molecule has 0 aromatic heterocycles. The standard InChI is InChI=1S/C24H33FN4O3.HI/c1-19(32-22-9-7-21(25)8-10-22)17-27-24(26-2)28-18-20-5-3-4-6-23(20)31-16-13-29-11-14-30-15-12-29;/h3-10,19H,11-18H2,1-2H3,(H2,26,27,28);1H. The predicted octanol–water partition coefficient (Wildman–Crippen LogP) is 3.29. The fraction of sp³-hybridized carbons (Fsp3) is 0.458. The third kappa shape index (κ3) is 9.73. The van der Waals surface area contributed by atoms with Gasteiger partial charge in [0.2, 0.25) is 0 Å². The molecular weight excluding hydrogens is 538 g/mol. The molecule has 1 atom stereocenters. The summed E-state index contributed by atoms with van der Waals surface area (Å²) in [5, 5.41) is 6.58. The van der Waals surface area contributed by atoms with Crippen molar-refractivity contribution >= 4 is 29.9 Å². The number of rotatable bonds is 10. The normalized spacial score (nSPS) is 15.3. The van der Waals surface area contributed by atoms with E-state index in [4.69, 9.17) is 14.2 Å². The van der Waals surface area contributed by atoms with Crippen LogP contribution in [0.25, 0.3) is 0 Å². The van der Waals surface area contributed by atoms with Crippen LogP contribution in [0.15, 0.2) is 53.5 Å². The SMILES string of the molecule is CN=C(NCc1ccccc1OCCN1CCOCC1)NCC(C)Oc1ccc(F)cc1.I. The summed E-state index contributed by atoms with van der Waals surface area (Å²) in [6.45, 7) is 8.11. The summed E-state index contributed by atoms with van der Waals surface area (Å²) >= 11 is 0. The van der Waals surface area contributed by atoms with Gasteiger partial charge < -0.3 is 24.8 Å². The van der Waals surface area contributed by atoms with Gasteiger partial charge >= 0.3 is 0 Å². The van der Waals surface area contributed by atoms with Crippen LogP contribution >= 0.6 is 24.0 Å². The first-order valence-electron chi connectivity index (χ1n) is 11.0. The lowest BCUT2D eigenvalue weighted by molar-refractivity contribution is 0.0322. The van der Waals surface area contributed by atoms with E-state index in [1.807, 2.05) is 31.2 Å². The fourth-order valence-corrected chi connectivity index (χ4v) is 3.33. The number of hydrogen-bond donors (Lipinski definition) is 2. The zero-order valence-corrected chi connectivity index (χ0v) is 21.6. The zero-order chi connectivity index (χ0) is 22.6. The smallest absolute Gasteiger partial charge is 0.191 e. The van der Waals surface area contributed by atoms with Crippen LogP contribution in [-0.4, -0.2) is 70.0 Å². The molecular formula is C24H34FIN4O3. The Hall–Kier alpha value is -2.11. The molecule has 2 N–H and O–H groups in total. The highest BCUT2D eigenvalue weighted by Crippen LogP contribution is 2.18. The van der Waals surface area contributed by atoms with Crippen molar-refractivity contribution in [2.45, 2.75) is 19.6 Å². The minimum Gasteiger partial charge on any atom is -0.492 e. The molecule has 1 saturated heterocycles. The van der Waals surface area contributed by atoms with Crippen molar-refractivity contribution < 1.29 is 18.6 Å². The van der Waals surface area contributed by atoms with Crippen LogP contribution in [0, 0.1) is 5.82 Å². The molecule has 0 spiro atoms. The zero-order valence-electron chi connectivity index (χ0n) is 19.3. The molecule has 182 valence electrons. The maximum atomic E-state index is 13.0. The molecule has 2 aromatic rings. The molecule has 0 amide bonds. The molecule has 0 bridgehead atoms. The molecule has 1 unspecified atom stereocenters. The molecule has 1 heterocycles. The average Bonchev–Trinajstić information content (AvgIpc) is 2.82. The lowest BCUT2D eigenvalue weighted by atomic mass is 10.2. The van der Waals surface area contributed by atoms with Gasteiger partial charge in [-0.3, -0.25) is 9.89 Å². The number of morpholine rings is 1. The lowest BCUT2D eigenvalue weighted by Gasteiger charge is -2.26. The minimum atomic E-state index is -0.280. The van der Waals surface area contributed by atoms with E-state index in [2.05, 4.69) is 20.5 Å². The maximum Gasteiger partial charge on any atom is 0.191 e. The Labute approximate surface area is 212 Å². The van der Waals surface area contributed by atoms with Gasteiger partial charge in [0.1, 0.15) is 30.0 Å². The molecule has 0 aliphatic carbocycles.